The molecule has 0 spiro atoms. The smallest absolute Gasteiger partial charge is 0.305 e. The number of nitrogens with zero attached hydrogens (tertiary/aromatic N) is 1. The third-order valence-corrected chi connectivity index (χ3v) is 3.68. The summed E-state index contributed by atoms with van der Waals surface area (Å²) in [5.74, 6) is -0.727. The number of hydrogen-bond acceptors (Lipinski definition) is 2. The number of aliphatic carboxylic acids is 1. The monoisotopic (exact) mass is 261 g/mol. The normalized spacial score (nSPS) is 14.8. The lowest BCUT2D eigenvalue weighted by Crippen LogP contribution is -2.40. The van der Waals surface area contributed by atoms with E-state index >= 15 is 0 Å². The van der Waals surface area contributed by atoms with Crippen molar-refractivity contribution in [3.63, 3.8) is 0 Å². The molecule has 1 aromatic carbocycles. The fourth-order valence-corrected chi connectivity index (χ4v) is 2.30. The average Bonchev–Trinajstić information content (AvgIpc) is 2.29. The van der Waals surface area contributed by atoms with Crippen LogP contribution in [0, 0.1) is 12.8 Å². The standard InChI is InChI=1S/C15H19NO3/c1-11-5-2-3-8-13(11)16(10-9-14(17)18)15(19)12-6-4-7-12/h2-3,5,8,12H,4,6-7,9-10H2,1H3,(H,17,18). The van der Waals surface area contributed by atoms with E-state index in [1.165, 1.54) is 0 Å². The molecule has 1 fully saturated rings. The van der Waals surface area contributed by atoms with Crippen molar-refractivity contribution >= 4 is 17.6 Å². The van der Waals surface area contributed by atoms with Gasteiger partial charge in [-0.05, 0) is 31.4 Å². The van der Waals surface area contributed by atoms with E-state index in [1.807, 2.05) is 31.2 Å². The summed E-state index contributed by atoms with van der Waals surface area (Å²) in [6, 6.07) is 7.62. The number of benzene rings is 1. The molecule has 1 N–H and O–H groups in total. The zero-order valence-electron chi connectivity index (χ0n) is 11.1. The summed E-state index contributed by atoms with van der Waals surface area (Å²) in [5.41, 5.74) is 1.83. The molecule has 0 radical (unpaired) electrons. The molecule has 1 aromatic rings. The first-order valence-electron chi connectivity index (χ1n) is 6.68. The molecule has 4 heteroatoms. The number of hydrogen-bond donors (Lipinski definition) is 1. The SMILES string of the molecule is Cc1ccccc1N(CCC(=O)O)C(=O)C1CCC1. The van der Waals surface area contributed by atoms with Crippen molar-refractivity contribution in [2.45, 2.75) is 32.6 Å². The summed E-state index contributed by atoms with van der Waals surface area (Å²) in [4.78, 5) is 24.8. The first-order chi connectivity index (χ1) is 9.09. The van der Waals surface area contributed by atoms with E-state index < -0.39 is 5.97 Å². The van der Waals surface area contributed by atoms with Gasteiger partial charge in [0, 0.05) is 18.2 Å². The molecule has 0 aliphatic heterocycles. The zero-order valence-corrected chi connectivity index (χ0v) is 11.1. The van der Waals surface area contributed by atoms with Gasteiger partial charge in [0.2, 0.25) is 5.91 Å². The minimum absolute atomic E-state index is 0.0210. The molecule has 102 valence electrons. The number of carbonyl (C=O) groups excluding carboxylic acids is 1. The number of rotatable bonds is 5. The highest BCUT2D eigenvalue weighted by atomic mass is 16.4. The first-order valence-corrected chi connectivity index (χ1v) is 6.68. The summed E-state index contributed by atoms with van der Waals surface area (Å²) in [5, 5.41) is 8.83. The van der Waals surface area contributed by atoms with Crippen LogP contribution in [-0.2, 0) is 9.59 Å². The Kier molecular flexibility index (Phi) is 4.20. The van der Waals surface area contributed by atoms with Crippen LogP contribution in [0.15, 0.2) is 24.3 Å². The number of aryl methyl sites for hydroxylation is 1. The van der Waals surface area contributed by atoms with Crippen LogP contribution < -0.4 is 4.90 Å². The van der Waals surface area contributed by atoms with Crippen molar-refractivity contribution in [3.05, 3.63) is 29.8 Å². The van der Waals surface area contributed by atoms with E-state index in [4.69, 9.17) is 5.11 Å². The minimum Gasteiger partial charge on any atom is -0.481 e. The fraction of sp³-hybridized carbons (Fsp3) is 0.467. The molecule has 0 atom stereocenters. The van der Waals surface area contributed by atoms with Gasteiger partial charge in [-0.15, -0.1) is 0 Å². The van der Waals surface area contributed by atoms with Gasteiger partial charge in [-0.2, -0.15) is 0 Å². The van der Waals surface area contributed by atoms with Crippen LogP contribution in [0.25, 0.3) is 0 Å². The van der Waals surface area contributed by atoms with Crippen LogP contribution in [0.2, 0.25) is 0 Å². The highest BCUT2D eigenvalue weighted by Gasteiger charge is 2.30. The predicted octanol–water partition coefficient (Wildman–Crippen LogP) is 2.60. The zero-order chi connectivity index (χ0) is 13.8. The average molecular weight is 261 g/mol. The van der Waals surface area contributed by atoms with Gasteiger partial charge in [0.15, 0.2) is 0 Å². The van der Waals surface area contributed by atoms with E-state index in [0.717, 1.165) is 30.5 Å². The maximum atomic E-state index is 12.4. The van der Waals surface area contributed by atoms with Crippen LogP contribution in [0.4, 0.5) is 5.69 Å². The van der Waals surface area contributed by atoms with Gasteiger partial charge in [-0.25, -0.2) is 0 Å². The van der Waals surface area contributed by atoms with Crippen LogP contribution in [0.1, 0.15) is 31.2 Å². The highest BCUT2D eigenvalue weighted by Crippen LogP contribution is 2.31. The maximum Gasteiger partial charge on any atom is 0.305 e. The van der Waals surface area contributed by atoms with Gasteiger partial charge in [0.25, 0.3) is 0 Å². The molecule has 1 saturated carbocycles. The van der Waals surface area contributed by atoms with Crippen molar-refractivity contribution in [2.75, 3.05) is 11.4 Å². The van der Waals surface area contributed by atoms with Crippen LogP contribution in [0.3, 0.4) is 0 Å². The second kappa shape index (κ2) is 5.87. The van der Waals surface area contributed by atoms with Crippen LogP contribution >= 0.6 is 0 Å². The predicted molar refractivity (Wildman–Crippen MR) is 73.1 cm³/mol. The first kappa shape index (κ1) is 13.6. The Hall–Kier alpha value is -1.84. The summed E-state index contributed by atoms with van der Waals surface area (Å²) in [6.07, 6.45) is 2.92. The number of carboxylic acids is 1. The van der Waals surface area contributed by atoms with Crippen molar-refractivity contribution < 1.29 is 14.7 Å². The lowest BCUT2D eigenvalue weighted by molar-refractivity contribution is -0.136. The van der Waals surface area contributed by atoms with Gasteiger partial charge in [0.05, 0.1) is 6.42 Å². The third kappa shape index (κ3) is 3.13. The van der Waals surface area contributed by atoms with E-state index in [-0.39, 0.29) is 24.8 Å². The molecule has 0 bridgehead atoms. The number of carbonyl (C=O) groups is 2. The van der Waals surface area contributed by atoms with Crippen molar-refractivity contribution in [3.8, 4) is 0 Å². The quantitative estimate of drug-likeness (QED) is 0.886. The number of anilines is 1. The summed E-state index contributed by atoms with van der Waals surface area (Å²) >= 11 is 0. The van der Waals surface area contributed by atoms with Crippen molar-refractivity contribution in [2.24, 2.45) is 5.92 Å². The topological polar surface area (TPSA) is 57.6 Å². The minimum atomic E-state index is -0.875. The summed E-state index contributed by atoms with van der Waals surface area (Å²) in [6.45, 7) is 2.19. The van der Waals surface area contributed by atoms with Gasteiger partial charge in [0.1, 0.15) is 0 Å². The molecule has 19 heavy (non-hydrogen) atoms. The Morgan fingerprint density at radius 2 is 2.00 bits per heavy atom. The third-order valence-electron chi connectivity index (χ3n) is 3.68. The molecule has 1 amide bonds. The molecule has 0 aromatic heterocycles. The number of carboxylic acid groups (broad SMARTS) is 1. The van der Waals surface area contributed by atoms with E-state index in [1.54, 1.807) is 4.90 Å². The van der Waals surface area contributed by atoms with Gasteiger partial charge in [-0.3, -0.25) is 9.59 Å². The molecule has 1 aliphatic carbocycles. The molecule has 1 aliphatic rings. The van der Waals surface area contributed by atoms with Crippen molar-refractivity contribution in [1.29, 1.82) is 0 Å². The Morgan fingerprint density at radius 3 is 2.53 bits per heavy atom. The second-order valence-corrected chi connectivity index (χ2v) is 5.05. The van der Waals surface area contributed by atoms with Gasteiger partial charge < -0.3 is 10.0 Å². The fourth-order valence-electron chi connectivity index (χ4n) is 2.30. The molecular weight excluding hydrogens is 242 g/mol. The summed E-state index contributed by atoms with van der Waals surface area (Å²) < 4.78 is 0. The maximum absolute atomic E-state index is 12.4. The Balaban J connectivity index is 2.20. The van der Waals surface area contributed by atoms with Crippen molar-refractivity contribution in [1.82, 2.24) is 0 Å². The van der Waals surface area contributed by atoms with E-state index in [9.17, 15) is 9.59 Å². The van der Waals surface area contributed by atoms with E-state index in [2.05, 4.69) is 0 Å². The van der Waals surface area contributed by atoms with Gasteiger partial charge in [-0.1, -0.05) is 24.6 Å². The molecule has 2 rings (SSSR count). The molecule has 0 saturated heterocycles. The Labute approximate surface area is 113 Å². The lowest BCUT2D eigenvalue weighted by Gasteiger charge is -2.32. The Morgan fingerprint density at radius 1 is 1.32 bits per heavy atom. The molecule has 0 heterocycles. The molecule has 0 unspecified atom stereocenters. The van der Waals surface area contributed by atoms with Crippen LogP contribution in [-0.4, -0.2) is 23.5 Å². The largest absolute Gasteiger partial charge is 0.481 e. The lowest BCUT2D eigenvalue weighted by atomic mass is 9.84. The second-order valence-electron chi connectivity index (χ2n) is 5.05. The Bertz CT molecular complexity index is 480. The molecular formula is C15H19NO3. The summed E-state index contributed by atoms with van der Waals surface area (Å²) in [7, 11) is 0. The molecule has 4 nitrogen and oxygen atoms in total. The number of para-hydroxylation sites is 1. The van der Waals surface area contributed by atoms with E-state index in [0.29, 0.717) is 0 Å². The number of amides is 1. The van der Waals surface area contributed by atoms with Crippen LogP contribution in [0.5, 0.6) is 0 Å². The van der Waals surface area contributed by atoms with Gasteiger partial charge >= 0.3 is 5.97 Å². The highest BCUT2D eigenvalue weighted by molar-refractivity contribution is 5.96.